The van der Waals surface area contributed by atoms with E-state index in [2.05, 4.69) is 0 Å². The number of fused-ring (bicyclic) bond motifs is 1. The second-order valence-electron chi connectivity index (χ2n) is 6.43. The van der Waals surface area contributed by atoms with E-state index in [9.17, 15) is 19.5 Å². The van der Waals surface area contributed by atoms with Crippen molar-refractivity contribution in [3.63, 3.8) is 0 Å². The summed E-state index contributed by atoms with van der Waals surface area (Å²) < 4.78 is 16.3. The Morgan fingerprint density at radius 2 is 1.83 bits per heavy atom. The molecule has 1 aromatic heterocycles. The molecule has 2 aromatic carbocycles. The second-order valence-corrected chi connectivity index (χ2v) is 6.43. The normalized spacial score (nSPS) is 10.6. The highest BCUT2D eigenvalue weighted by atomic mass is 16.6. The van der Waals surface area contributed by atoms with Gasteiger partial charge in [0.2, 0.25) is 11.2 Å². The third-order valence-corrected chi connectivity index (χ3v) is 4.20. The van der Waals surface area contributed by atoms with Crippen LogP contribution in [0.1, 0.15) is 22.8 Å². The molecule has 1 heterocycles. The van der Waals surface area contributed by atoms with E-state index < -0.39 is 17.5 Å². The van der Waals surface area contributed by atoms with Crippen molar-refractivity contribution in [3.8, 4) is 17.2 Å². The van der Waals surface area contributed by atoms with E-state index in [4.69, 9.17) is 13.9 Å². The first kappa shape index (κ1) is 19.9. The summed E-state index contributed by atoms with van der Waals surface area (Å²) in [6, 6.07) is 8.91. The van der Waals surface area contributed by atoms with Crippen LogP contribution in [0.3, 0.4) is 0 Å². The Balaban J connectivity index is 1.91. The molecule has 150 valence electrons. The van der Waals surface area contributed by atoms with Crippen LogP contribution >= 0.6 is 0 Å². The number of carbonyl (C=O) groups excluding carboxylic acids is 1. The molecule has 0 radical (unpaired) electrons. The van der Waals surface area contributed by atoms with Gasteiger partial charge in [-0.25, -0.2) is 9.59 Å². The Morgan fingerprint density at radius 1 is 1.10 bits per heavy atom. The number of hydrogen-bond acceptors (Lipinski definition) is 6. The average molecular weight is 397 g/mol. The van der Waals surface area contributed by atoms with Gasteiger partial charge in [0.1, 0.15) is 23.3 Å². The van der Waals surface area contributed by atoms with E-state index in [-0.39, 0.29) is 28.0 Å². The van der Waals surface area contributed by atoms with Gasteiger partial charge < -0.3 is 23.9 Å². The number of aromatic carboxylic acids is 1. The predicted molar refractivity (Wildman–Crippen MR) is 105 cm³/mol. The first-order valence-corrected chi connectivity index (χ1v) is 8.79. The van der Waals surface area contributed by atoms with Gasteiger partial charge in [-0.15, -0.1) is 0 Å². The number of aryl methyl sites for hydroxylation is 1. The van der Waals surface area contributed by atoms with Crippen molar-refractivity contribution in [2.24, 2.45) is 0 Å². The summed E-state index contributed by atoms with van der Waals surface area (Å²) >= 11 is 0. The number of rotatable bonds is 5. The largest absolute Gasteiger partial charge is 0.478 e. The first-order chi connectivity index (χ1) is 13.8. The quantitative estimate of drug-likeness (QED) is 0.696. The molecule has 3 aromatic rings. The number of nitrogens with zero attached hydrogens (tertiary/aromatic N) is 1. The highest BCUT2D eigenvalue weighted by Gasteiger charge is 2.14. The minimum atomic E-state index is -1.02. The zero-order valence-electron chi connectivity index (χ0n) is 16.1. The van der Waals surface area contributed by atoms with Crippen molar-refractivity contribution in [3.05, 3.63) is 64.0 Å². The lowest BCUT2D eigenvalue weighted by atomic mass is 10.1. The third kappa shape index (κ3) is 4.21. The van der Waals surface area contributed by atoms with Crippen LogP contribution < -0.4 is 14.9 Å². The Kier molecular flexibility index (Phi) is 5.54. The molecule has 29 heavy (non-hydrogen) atoms. The van der Waals surface area contributed by atoms with E-state index in [0.29, 0.717) is 17.7 Å². The van der Waals surface area contributed by atoms with Crippen molar-refractivity contribution in [2.45, 2.75) is 13.3 Å². The molecule has 3 rings (SSSR count). The standard InChI is InChI=1S/C21H19NO7/c1-4-12-9-13(5-7-15(12)20(24)25)28-18-11-27-17-10-14(29-21(26)22(2)3)6-8-16(17)19(18)23/h5-11H,4H2,1-3H3,(H,24,25). The molecular weight excluding hydrogens is 378 g/mol. The molecule has 0 aliphatic carbocycles. The zero-order chi connectivity index (χ0) is 21.1. The topological polar surface area (TPSA) is 106 Å². The van der Waals surface area contributed by atoms with E-state index in [1.54, 1.807) is 20.2 Å². The SMILES string of the molecule is CCc1cc(Oc2coc3cc(OC(=O)N(C)C)ccc3c2=O)ccc1C(=O)O. The number of amides is 1. The Hall–Kier alpha value is -3.81. The lowest BCUT2D eigenvalue weighted by molar-refractivity contribution is 0.0695. The molecule has 0 atom stereocenters. The van der Waals surface area contributed by atoms with E-state index in [1.807, 2.05) is 6.92 Å². The Labute approximate surface area is 165 Å². The minimum Gasteiger partial charge on any atom is -0.478 e. The fourth-order valence-electron chi connectivity index (χ4n) is 2.68. The maximum atomic E-state index is 12.7. The third-order valence-electron chi connectivity index (χ3n) is 4.20. The summed E-state index contributed by atoms with van der Waals surface area (Å²) in [5.41, 5.74) is 0.608. The summed E-state index contributed by atoms with van der Waals surface area (Å²) in [4.78, 5) is 36.9. The molecule has 0 fully saturated rings. The first-order valence-electron chi connectivity index (χ1n) is 8.79. The van der Waals surface area contributed by atoms with Crippen molar-refractivity contribution < 1.29 is 28.6 Å². The molecular formula is C21H19NO7. The van der Waals surface area contributed by atoms with Crippen molar-refractivity contribution >= 4 is 23.0 Å². The minimum absolute atomic E-state index is 0.0411. The predicted octanol–water partition coefficient (Wildman–Crippen LogP) is 3.91. The molecule has 1 N–H and O–H groups in total. The van der Waals surface area contributed by atoms with Crippen LogP contribution in [0.4, 0.5) is 4.79 Å². The van der Waals surface area contributed by atoms with Gasteiger partial charge in [0.15, 0.2) is 0 Å². The second kappa shape index (κ2) is 8.05. The number of carboxylic acids is 1. The summed E-state index contributed by atoms with van der Waals surface area (Å²) in [7, 11) is 3.11. The van der Waals surface area contributed by atoms with Gasteiger partial charge in [-0.05, 0) is 42.3 Å². The lowest BCUT2D eigenvalue weighted by Crippen LogP contribution is -2.25. The van der Waals surface area contributed by atoms with Crippen molar-refractivity contribution in [2.75, 3.05) is 14.1 Å². The Morgan fingerprint density at radius 3 is 2.48 bits per heavy atom. The van der Waals surface area contributed by atoms with Crippen LogP contribution in [0, 0.1) is 0 Å². The summed E-state index contributed by atoms with van der Waals surface area (Å²) in [5, 5.41) is 9.46. The summed E-state index contributed by atoms with van der Waals surface area (Å²) in [6.45, 7) is 1.83. The zero-order valence-corrected chi connectivity index (χ0v) is 16.1. The number of hydrogen-bond donors (Lipinski definition) is 1. The van der Waals surface area contributed by atoms with E-state index >= 15 is 0 Å². The smallest absolute Gasteiger partial charge is 0.414 e. The van der Waals surface area contributed by atoms with Crippen LogP contribution in [0.25, 0.3) is 11.0 Å². The number of carboxylic acid groups (broad SMARTS) is 1. The Bertz CT molecular complexity index is 1150. The van der Waals surface area contributed by atoms with Crippen LogP contribution in [-0.2, 0) is 6.42 Å². The molecule has 1 amide bonds. The molecule has 8 heteroatoms. The van der Waals surface area contributed by atoms with Crippen LogP contribution in [0.2, 0.25) is 0 Å². The number of carbonyl (C=O) groups is 2. The lowest BCUT2D eigenvalue weighted by Gasteiger charge is -2.11. The monoisotopic (exact) mass is 397 g/mol. The molecule has 0 bridgehead atoms. The van der Waals surface area contributed by atoms with Crippen molar-refractivity contribution in [1.82, 2.24) is 4.90 Å². The summed E-state index contributed by atoms with van der Waals surface area (Å²) in [6.07, 6.45) is 1.11. The van der Waals surface area contributed by atoms with Crippen LogP contribution in [0.15, 0.2) is 51.9 Å². The van der Waals surface area contributed by atoms with Gasteiger partial charge in [-0.3, -0.25) is 4.79 Å². The fraction of sp³-hybridized carbons (Fsp3) is 0.190. The van der Waals surface area contributed by atoms with Gasteiger partial charge >= 0.3 is 12.1 Å². The van der Waals surface area contributed by atoms with Gasteiger partial charge in [-0.2, -0.15) is 0 Å². The molecule has 0 aliphatic rings. The molecule has 8 nitrogen and oxygen atoms in total. The van der Waals surface area contributed by atoms with E-state index in [0.717, 1.165) is 0 Å². The van der Waals surface area contributed by atoms with Gasteiger partial charge in [0, 0.05) is 20.2 Å². The molecule has 0 saturated heterocycles. The molecule has 0 saturated carbocycles. The maximum absolute atomic E-state index is 12.7. The van der Waals surface area contributed by atoms with E-state index in [1.165, 1.54) is 41.5 Å². The molecule has 0 aliphatic heterocycles. The van der Waals surface area contributed by atoms with Crippen molar-refractivity contribution in [1.29, 1.82) is 0 Å². The molecule has 0 spiro atoms. The van der Waals surface area contributed by atoms with Crippen LogP contribution in [0.5, 0.6) is 17.2 Å². The highest BCUT2D eigenvalue weighted by Crippen LogP contribution is 2.26. The summed E-state index contributed by atoms with van der Waals surface area (Å²) in [5.74, 6) is -0.495. The number of benzene rings is 2. The fourth-order valence-corrected chi connectivity index (χ4v) is 2.68. The van der Waals surface area contributed by atoms with Gasteiger partial charge in [0.25, 0.3) is 0 Å². The number of ether oxygens (including phenoxy) is 2. The van der Waals surface area contributed by atoms with Gasteiger partial charge in [0.05, 0.1) is 10.9 Å². The van der Waals surface area contributed by atoms with Gasteiger partial charge in [-0.1, -0.05) is 6.92 Å². The van der Waals surface area contributed by atoms with Crippen LogP contribution in [-0.4, -0.2) is 36.2 Å². The maximum Gasteiger partial charge on any atom is 0.414 e. The highest BCUT2D eigenvalue weighted by molar-refractivity contribution is 5.89. The molecule has 0 unspecified atom stereocenters. The average Bonchev–Trinajstić information content (AvgIpc) is 2.69.